The Morgan fingerprint density at radius 2 is 1.20 bits per heavy atom. The number of hydrogen-bond donors (Lipinski definition) is 0. The van der Waals surface area contributed by atoms with E-state index in [-0.39, 0.29) is 11.5 Å². The molecule has 46 heavy (non-hydrogen) atoms. The second-order valence-corrected chi connectivity index (χ2v) is 12.8. The first-order valence-corrected chi connectivity index (χ1v) is 16.2. The van der Waals surface area contributed by atoms with E-state index in [0.717, 1.165) is 11.4 Å². The van der Waals surface area contributed by atoms with Gasteiger partial charge in [-0.3, -0.25) is 0 Å². The van der Waals surface area contributed by atoms with Gasteiger partial charge >= 0.3 is 0 Å². The van der Waals surface area contributed by atoms with Gasteiger partial charge in [-0.05, 0) is 80.4 Å². The second-order valence-electron chi connectivity index (χ2n) is 12.8. The maximum atomic E-state index is 2.57. The fourth-order valence-corrected chi connectivity index (χ4v) is 8.21. The quantitative estimate of drug-likeness (QED) is 0.198. The van der Waals surface area contributed by atoms with Crippen LogP contribution in [-0.2, 0) is 0 Å². The van der Waals surface area contributed by atoms with Crippen molar-refractivity contribution in [2.45, 2.75) is 32.2 Å². The average molecular weight is 594 g/mol. The molecule has 3 heterocycles. The fraction of sp³-hybridized carbons (Fsp3) is 0.116. The van der Waals surface area contributed by atoms with Crippen LogP contribution in [0.4, 0.5) is 11.4 Å². The zero-order valence-electron chi connectivity index (χ0n) is 26.4. The van der Waals surface area contributed by atoms with Gasteiger partial charge in [0.2, 0.25) is 0 Å². The zero-order valence-corrected chi connectivity index (χ0v) is 26.4. The molecule has 2 aliphatic rings. The topological polar surface area (TPSA) is 13.1 Å². The van der Waals surface area contributed by atoms with Crippen LogP contribution in [-0.4, -0.2) is 14.7 Å². The second kappa shape index (κ2) is 9.98. The number of fused-ring (bicyclic) bond motifs is 7. The van der Waals surface area contributed by atoms with E-state index in [1.165, 1.54) is 60.9 Å². The molecular weight excluding hydrogens is 558 g/mol. The van der Waals surface area contributed by atoms with E-state index in [4.69, 9.17) is 0 Å². The van der Waals surface area contributed by atoms with Crippen LogP contribution in [0, 0.1) is 6.92 Å². The normalized spacial score (nSPS) is 18.8. The molecule has 0 N–H and O–H groups in total. The van der Waals surface area contributed by atoms with Crippen molar-refractivity contribution in [1.29, 1.82) is 0 Å². The number of rotatable bonds is 4. The first kappa shape index (κ1) is 26.8. The SMILES string of the molecule is C/C=C\c1c(C)c2ccccc2n1-c1cc(N2c3ccccc3C3C=CC=CC32C)cc(-n2c3ccccc3c3ccccc32)c1. The van der Waals surface area contributed by atoms with Gasteiger partial charge in [0.15, 0.2) is 0 Å². The molecule has 0 saturated carbocycles. The van der Waals surface area contributed by atoms with Crippen LogP contribution in [0.15, 0.2) is 146 Å². The highest BCUT2D eigenvalue weighted by molar-refractivity contribution is 6.09. The van der Waals surface area contributed by atoms with E-state index in [1.54, 1.807) is 0 Å². The summed E-state index contributed by atoms with van der Waals surface area (Å²) in [5.41, 5.74) is 12.0. The van der Waals surface area contributed by atoms with Crippen molar-refractivity contribution in [3.8, 4) is 11.4 Å². The van der Waals surface area contributed by atoms with Gasteiger partial charge in [-0.15, -0.1) is 0 Å². The van der Waals surface area contributed by atoms with Crippen LogP contribution in [0.25, 0.3) is 50.2 Å². The molecule has 0 saturated heterocycles. The van der Waals surface area contributed by atoms with Crippen LogP contribution in [0.1, 0.15) is 36.6 Å². The largest absolute Gasteiger partial charge is 0.331 e. The monoisotopic (exact) mass is 593 g/mol. The summed E-state index contributed by atoms with van der Waals surface area (Å²) in [6.45, 7) is 6.73. The van der Waals surface area contributed by atoms with Gasteiger partial charge in [0, 0.05) is 39.1 Å². The Hall–Kier alpha value is -5.54. The molecule has 0 bridgehead atoms. The Morgan fingerprint density at radius 1 is 0.630 bits per heavy atom. The van der Waals surface area contributed by atoms with E-state index in [9.17, 15) is 0 Å². The summed E-state index contributed by atoms with van der Waals surface area (Å²) in [5.74, 6) is 0.266. The number of nitrogens with zero attached hydrogens (tertiary/aromatic N) is 3. The standard InChI is InChI=1S/C43H35N3/c1-4-15-38-29(2)33-16-5-9-21-39(33)44(38)30-26-31(45-40-22-10-6-17-34(40)35-18-7-11-23-41(35)45)28-32(27-30)46-42-24-12-8-19-36(42)37-20-13-14-25-43(37,46)3/h4-28,37H,1-3H3/b15-4-. The Bertz CT molecular complexity index is 2380. The van der Waals surface area contributed by atoms with Gasteiger partial charge in [0.05, 0.1) is 33.5 Å². The minimum absolute atomic E-state index is 0.240. The van der Waals surface area contributed by atoms with Gasteiger partial charge in [-0.2, -0.15) is 0 Å². The Morgan fingerprint density at radius 3 is 1.89 bits per heavy atom. The lowest BCUT2D eigenvalue weighted by Gasteiger charge is -2.39. The fourth-order valence-electron chi connectivity index (χ4n) is 8.21. The predicted molar refractivity (Wildman–Crippen MR) is 195 cm³/mol. The molecule has 1 aliphatic carbocycles. The number of allylic oxidation sites excluding steroid dienone is 3. The van der Waals surface area contributed by atoms with E-state index < -0.39 is 0 Å². The molecule has 9 rings (SSSR count). The maximum absolute atomic E-state index is 2.57. The van der Waals surface area contributed by atoms with Crippen molar-refractivity contribution in [2.75, 3.05) is 4.90 Å². The predicted octanol–water partition coefficient (Wildman–Crippen LogP) is 11.2. The highest BCUT2D eigenvalue weighted by Gasteiger charge is 2.47. The summed E-state index contributed by atoms with van der Waals surface area (Å²) in [6.07, 6.45) is 13.6. The molecule has 2 atom stereocenters. The molecule has 3 nitrogen and oxygen atoms in total. The third kappa shape index (κ3) is 3.66. The molecule has 222 valence electrons. The number of aromatic nitrogens is 2. The number of aryl methyl sites for hydroxylation is 1. The minimum Gasteiger partial charge on any atom is -0.331 e. The Kier molecular flexibility index (Phi) is 5.82. The maximum Gasteiger partial charge on any atom is 0.0712 e. The lowest BCUT2D eigenvalue weighted by Crippen LogP contribution is -2.42. The van der Waals surface area contributed by atoms with E-state index in [1.807, 2.05) is 0 Å². The smallest absolute Gasteiger partial charge is 0.0712 e. The summed E-state index contributed by atoms with van der Waals surface area (Å²) in [7, 11) is 0. The third-order valence-electron chi connectivity index (χ3n) is 10.2. The number of benzene rings is 5. The molecule has 0 radical (unpaired) electrons. The number of para-hydroxylation sites is 4. The summed E-state index contributed by atoms with van der Waals surface area (Å²) in [4.78, 5) is 2.57. The molecule has 0 amide bonds. The summed E-state index contributed by atoms with van der Waals surface area (Å²) >= 11 is 0. The first-order valence-electron chi connectivity index (χ1n) is 16.2. The number of hydrogen-bond acceptors (Lipinski definition) is 1. The molecule has 0 fully saturated rings. The highest BCUT2D eigenvalue weighted by Crippen LogP contribution is 2.54. The van der Waals surface area contributed by atoms with Crippen molar-refractivity contribution in [3.05, 3.63) is 162 Å². The molecule has 1 aliphatic heterocycles. The van der Waals surface area contributed by atoms with Crippen LogP contribution in [0.5, 0.6) is 0 Å². The van der Waals surface area contributed by atoms with E-state index >= 15 is 0 Å². The van der Waals surface area contributed by atoms with Crippen molar-refractivity contribution >= 4 is 50.2 Å². The van der Waals surface area contributed by atoms with Crippen LogP contribution < -0.4 is 4.90 Å². The lowest BCUT2D eigenvalue weighted by atomic mass is 9.80. The van der Waals surface area contributed by atoms with Gasteiger partial charge in [-0.1, -0.05) is 103 Å². The van der Waals surface area contributed by atoms with Crippen LogP contribution in [0.3, 0.4) is 0 Å². The van der Waals surface area contributed by atoms with Gasteiger partial charge in [0.1, 0.15) is 0 Å². The van der Waals surface area contributed by atoms with Crippen LogP contribution in [0.2, 0.25) is 0 Å². The Labute approximate surface area is 269 Å². The average Bonchev–Trinajstić information content (AvgIpc) is 3.67. The van der Waals surface area contributed by atoms with Crippen molar-refractivity contribution in [3.63, 3.8) is 0 Å². The Balaban J connectivity index is 1.41. The molecule has 7 aromatic rings. The van der Waals surface area contributed by atoms with E-state index in [2.05, 4.69) is 187 Å². The number of anilines is 2. The molecule has 3 heteroatoms. The molecule has 0 spiro atoms. The van der Waals surface area contributed by atoms with Gasteiger partial charge in [-0.25, -0.2) is 0 Å². The first-order chi connectivity index (χ1) is 22.6. The van der Waals surface area contributed by atoms with Crippen molar-refractivity contribution < 1.29 is 0 Å². The summed E-state index contributed by atoms with van der Waals surface area (Å²) in [6, 6.07) is 42.5. The lowest BCUT2D eigenvalue weighted by molar-refractivity contribution is 0.542. The van der Waals surface area contributed by atoms with Gasteiger partial charge in [0.25, 0.3) is 0 Å². The molecular formula is C43H35N3. The van der Waals surface area contributed by atoms with E-state index in [0.29, 0.717) is 0 Å². The van der Waals surface area contributed by atoms with Crippen molar-refractivity contribution in [1.82, 2.24) is 9.13 Å². The van der Waals surface area contributed by atoms with Crippen molar-refractivity contribution in [2.24, 2.45) is 0 Å². The highest BCUT2D eigenvalue weighted by atomic mass is 15.2. The van der Waals surface area contributed by atoms with Crippen LogP contribution >= 0.6 is 0 Å². The van der Waals surface area contributed by atoms with Gasteiger partial charge < -0.3 is 14.0 Å². The molecule has 5 aromatic carbocycles. The molecule has 2 unspecified atom stereocenters. The zero-order chi connectivity index (χ0) is 31.0. The summed E-state index contributed by atoms with van der Waals surface area (Å²) in [5, 5.41) is 3.81. The molecule has 2 aromatic heterocycles. The summed E-state index contributed by atoms with van der Waals surface area (Å²) < 4.78 is 4.90. The minimum atomic E-state index is -0.240. The third-order valence-corrected chi connectivity index (χ3v) is 10.2.